The fourth-order valence-electron chi connectivity index (χ4n) is 3.75. The van der Waals surface area contributed by atoms with Crippen molar-refractivity contribution in [3.05, 3.63) is 47.3 Å². The van der Waals surface area contributed by atoms with E-state index < -0.39 is 0 Å². The number of hydrogen-bond acceptors (Lipinski definition) is 8. The zero-order valence-electron chi connectivity index (χ0n) is 16.9. The van der Waals surface area contributed by atoms with Gasteiger partial charge >= 0.3 is 0 Å². The summed E-state index contributed by atoms with van der Waals surface area (Å²) in [6.45, 7) is 0.925. The second-order valence-electron chi connectivity index (χ2n) is 7.49. The number of rotatable bonds is 7. The van der Waals surface area contributed by atoms with Crippen LogP contribution in [0.25, 0.3) is 10.8 Å². The molecule has 0 atom stereocenters. The molecular weight excluding hydrogens is 384 g/mol. The topological polar surface area (TPSA) is 114 Å². The molecule has 0 aliphatic heterocycles. The molecule has 3 aromatic heterocycles. The van der Waals surface area contributed by atoms with Gasteiger partial charge in [-0.3, -0.25) is 9.78 Å². The maximum absolute atomic E-state index is 13.2. The first-order valence-electron chi connectivity index (χ1n) is 10.1. The summed E-state index contributed by atoms with van der Waals surface area (Å²) in [6, 6.07) is 3.90. The first kappa shape index (κ1) is 20.2. The van der Waals surface area contributed by atoms with E-state index in [2.05, 4.69) is 20.6 Å². The quantitative estimate of drug-likeness (QED) is 0.544. The minimum atomic E-state index is -0.247. The van der Waals surface area contributed by atoms with Gasteiger partial charge in [0.1, 0.15) is 17.5 Å². The molecule has 9 heteroatoms. The first-order valence-corrected chi connectivity index (χ1v) is 10.1. The summed E-state index contributed by atoms with van der Waals surface area (Å²) in [6.07, 6.45) is 9.49. The summed E-state index contributed by atoms with van der Waals surface area (Å²) in [5.74, 6) is 1.69. The zero-order chi connectivity index (χ0) is 20.9. The van der Waals surface area contributed by atoms with Crippen LogP contribution in [0.2, 0.25) is 0 Å². The van der Waals surface area contributed by atoms with Crippen molar-refractivity contribution in [3.8, 4) is 0 Å². The van der Waals surface area contributed by atoms with Gasteiger partial charge in [-0.05, 0) is 43.2 Å². The van der Waals surface area contributed by atoms with E-state index in [4.69, 9.17) is 9.72 Å². The molecule has 158 valence electrons. The fourth-order valence-corrected chi connectivity index (χ4v) is 3.75. The maximum atomic E-state index is 13.2. The lowest BCUT2D eigenvalue weighted by molar-refractivity contribution is 0.126. The minimum absolute atomic E-state index is 0.110. The van der Waals surface area contributed by atoms with Crippen molar-refractivity contribution in [2.24, 2.45) is 0 Å². The average Bonchev–Trinajstić information content (AvgIpc) is 2.75. The molecule has 0 saturated heterocycles. The van der Waals surface area contributed by atoms with E-state index in [1.54, 1.807) is 36.5 Å². The zero-order valence-corrected chi connectivity index (χ0v) is 16.9. The highest BCUT2D eigenvalue weighted by Gasteiger charge is 2.21. The third-order valence-corrected chi connectivity index (χ3v) is 5.35. The van der Waals surface area contributed by atoms with Gasteiger partial charge in [0, 0.05) is 38.3 Å². The van der Waals surface area contributed by atoms with Crippen LogP contribution in [0.3, 0.4) is 0 Å². The van der Waals surface area contributed by atoms with E-state index in [0.717, 1.165) is 31.1 Å². The normalized spacial score (nSPS) is 19.0. The lowest BCUT2D eigenvalue weighted by Gasteiger charge is -2.27. The van der Waals surface area contributed by atoms with Crippen LogP contribution in [-0.4, -0.2) is 50.5 Å². The Hall–Kier alpha value is -3.04. The number of ether oxygens (including phenoxy) is 1. The molecule has 0 bridgehead atoms. The third kappa shape index (κ3) is 4.58. The Morgan fingerprint density at radius 1 is 1.23 bits per heavy atom. The van der Waals surface area contributed by atoms with Crippen LogP contribution in [0.15, 0.2) is 41.7 Å². The number of pyridine rings is 2. The molecule has 0 spiro atoms. The first-order chi connectivity index (χ1) is 14.6. The van der Waals surface area contributed by atoms with Crippen LogP contribution in [0.4, 0.5) is 17.5 Å². The van der Waals surface area contributed by atoms with Crippen molar-refractivity contribution in [2.45, 2.75) is 44.4 Å². The second kappa shape index (κ2) is 9.19. The fraction of sp³-hybridized carbons (Fsp3) is 0.429. The Bertz CT molecular complexity index is 1050. The minimum Gasteiger partial charge on any atom is -0.393 e. The van der Waals surface area contributed by atoms with Crippen molar-refractivity contribution in [3.63, 3.8) is 0 Å². The van der Waals surface area contributed by atoms with Crippen molar-refractivity contribution in [1.82, 2.24) is 19.5 Å². The molecule has 9 nitrogen and oxygen atoms in total. The lowest BCUT2D eigenvalue weighted by Crippen LogP contribution is -2.30. The predicted molar refractivity (Wildman–Crippen MR) is 115 cm³/mol. The monoisotopic (exact) mass is 410 g/mol. The van der Waals surface area contributed by atoms with Gasteiger partial charge in [0.05, 0.1) is 24.3 Å². The second-order valence-corrected chi connectivity index (χ2v) is 7.49. The van der Waals surface area contributed by atoms with Gasteiger partial charge < -0.3 is 25.0 Å². The Morgan fingerprint density at radius 2 is 2.07 bits per heavy atom. The van der Waals surface area contributed by atoms with Crippen LogP contribution in [0.5, 0.6) is 0 Å². The summed E-state index contributed by atoms with van der Waals surface area (Å²) in [5, 5.41) is 17.7. The average molecular weight is 410 g/mol. The van der Waals surface area contributed by atoms with Crippen molar-refractivity contribution in [1.29, 1.82) is 0 Å². The van der Waals surface area contributed by atoms with Crippen molar-refractivity contribution < 1.29 is 9.84 Å². The predicted octanol–water partition coefficient (Wildman–Crippen LogP) is 2.29. The molecule has 0 radical (unpaired) electrons. The highest BCUT2D eigenvalue weighted by atomic mass is 16.5. The van der Waals surface area contributed by atoms with Gasteiger partial charge in [0.15, 0.2) is 0 Å². The Labute approximate surface area is 174 Å². The van der Waals surface area contributed by atoms with Crippen molar-refractivity contribution >= 4 is 28.2 Å². The molecule has 0 amide bonds. The van der Waals surface area contributed by atoms with Gasteiger partial charge in [-0.1, -0.05) is 0 Å². The maximum Gasteiger partial charge on any atom is 0.262 e. The number of anilines is 3. The van der Waals surface area contributed by atoms with Crippen LogP contribution in [0.1, 0.15) is 25.7 Å². The summed E-state index contributed by atoms with van der Waals surface area (Å²) in [5.41, 5.74) is -0.110. The number of aromatic nitrogens is 4. The number of aliphatic hydroxyl groups excluding tert-OH is 1. The number of hydrogen-bond donors (Lipinski definition) is 3. The van der Waals surface area contributed by atoms with E-state index in [1.807, 2.05) is 12.1 Å². The molecule has 1 aliphatic rings. The van der Waals surface area contributed by atoms with Crippen LogP contribution in [-0.2, 0) is 11.3 Å². The Kier molecular flexibility index (Phi) is 6.20. The van der Waals surface area contributed by atoms with E-state index in [-0.39, 0.29) is 17.7 Å². The molecule has 1 saturated carbocycles. The largest absolute Gasteiger partial charge is 0.393 e. The molecular formula is C21H26N6O3. The molecule has 30 heavy (non-hydrogen) atoms. The number of fused-ring (bicyclic) bond motifs is 1. The molecule has 4 rings (SSSR count). The number of nitrogens with zero attached hydrogens (tertiary/aromatic N) is 4. The highest BCUT2D eigenvalue weighted by molar-refractivity contribution is 5.93. The molecule has 3 aromatic rings. The molecule has 0 unspecified atom stereocenters. The summed E-state index contributed by atoms with van der Waals surface area (Å²) < 4.78 is 6.76. The molecule has 3 heterocycles. The lowest BCUT2D eigenvalue weighted by atomic mass is 9.93. The molecule has 3 N–H and O–H groups in total. The standard InChI is InChI=1S/C21H26N6O3/c1-30-11-10-27-9-6-14-12-17(25-18-13-22-7-8-23-18)26-20(19(14)21(27)29)24-15-2-4-16(28)5-3-15/h6-9,12-13,15-16,28H,2-5,10-11H2,1H3,(H2,23,24,25,26)/t15-,16+. The highest BCUT2D eigenvalue weighted by Crippen LogP contribution is 2.27. The van der Waals surface area contributed by atoms with Crippen LogP contribution in [0, 0.1) is 0 Å². The summed E-state index contributed by atoms with van der Waals surface area (Å²) in [7, 11) is 1.61. The van der Waals surface area contributed by atoms with E-state index in [9.17, 15) is 9.90 Å². The molecule has 0 aromatic carbocycles. The summed E-state index contributed by atoms with van der Waals surface area (Å²) >= 11 is 0. The molecule has 1 fully saturated rings. The summed E-state index contributed by atoms with van der Waals surface area (Å²) in [4.78, 5) is 26.2. The SMILES string of the molecule is COCCn1ccc2cc(Nc3cnccn3)nc(N[C@H]3CC[C@@H](O)CC3)c2c1=O. The molecule has 1 aliphatic carbocycles. The van der Waals surface area contributed by atoms with E-state index >= 15 is 0 Å². The van der Waals surface area contributed by atoms with Gasteiger partial charge in [-0.2, -0.15) is 0 Å². The van der Waals surface area contributed by atoms with Gasteiger partial charge in [-0.25, -0.2) is 9.97 Å². The smallest absolute Gasteiger partial charge is 0.262 e. The Morgan fingerprint density at radius 3 is 2.80 bits per heavy atom. The van der Waals surface area contributed by atoms with Crippen LogP contribution < -0.4 is 16.2 Å². The van der Waals surface area contributed by atoms with Gasteiger partial charge in [0.2, 0.25) is 0 Å². The third-order valence-electron chi connectivity index (χ3n) is 5.35. The number of aliphatic hydroxyl groups is 1. The van der Waals surface area contributed by atoms with Gasteiger partial charge in [-0.15, -0.1) is 0 Å². The number of methoxy groups -OCH3 is 1. The number of nitrogens with one attached hydrogen (secondary N) is 2. The Balaban J connectivity index is 1.73. The van der Waals surface area contributed by atoms with Crippen LogP contribution >= 0.6 is 0 Å². The van der Waals surface area contributed by atoms with Crippen molar-refractivity contribution in [2.75, 3.05) is 24.4 Å². The van der Waals surface area contributed by atoms with E-state index in [1.165, 1.54) is 0 Å². The van der Waals surface area contributed by atoms with Gasteiger partial charge in [0.25, 0.3) is 5.56 Å². The van der Waals surface area contributed by atoms with E-state index in [0.29, 0.717) is 36.0 Å².